The molecule has 0 radical (unpaired) electrons. The van der Waals surface area contributed by atoms with Crippen LogP contribution in [-0.4, -0.2) is 49.2 Å². The molecule has 28 heavy (non-hydrogen) atoms. The Balaban J connectivity index is 1.39. The highest BCUT2D eigenvalue weighted by Crippen LogP contribution is 2.35. The molecule has 9 heteroatoms. The minimum atomic E-state index is -0.0831. The molecule has 5 rings (SSSR count). The lowest BCUT2D eigenvalue weighted by atomic mass is 9.99. The Labute approximate surface area is 166 Å². The molecule has 2 amide bonds. The van der Waals surface area contributed by atoms with E-state index in [-0.39, 0.29) is 24.2 Å². The number of carbonyl (C=O) groups excluding carboxylic acids is 1. The fourth-order valence-corrected chi connectivity index (χ4v) is 5.01. The number of aryl methyl sites for hydroxylation is 1. The maximum absolute atomic E-state index is 12.9. The van der Waals surface area contributed by atoms with Gasteiger partial charge in [-0.3, -0.25) is 10.3 Å². The summed E-state index contributed by atoms with van der Waals surface area (Å²) in [5.41, 5.74) is 6.88. The van der Waals surface area contributed by atoms with E-state index in [4.69, 9.17) is 5.73 Å². The molecule has 144 valence electrons. The number of amides is 2. The minimum absolute atomic E-state index is 0.0831. The highest BCUT2D eigenvalue weighted by atomic mass is 32.1. The van der Waals surface area contributed by atoms with Crippen LogP contribution < -0.4 is 11.1 Å². The van der Waals surface area contributed by atoms with Crippen molar-refractivity contribution in [3.63, 3.8) is 0 Å². The van der Waals surface area contributed by atoms with E-state index < -0.39 is 0 Å². The third kappa shape index (κ3) is 3.10. The molecule has 3 aromatic rings. The molecule has 0 saturated carbocycles. The zero-order chi connectivity index (χ0) is 19.3. The van der Waals surface area contributed by atoms with Gasteiger partial charge in [0.1, 0.15) is 16.5 Å². The van der Waals surface area contributed by atoms with Gasteiger partial charge in [-0.1, -0.05) is 11.3 Å². The number of anilines is 1. The third-order valence-electron chi connectivity index (χ3n) is 5.59. The molecule has 2 aliphatic heterocycles. The molecular weight excluding hydrogens is 374 g/mol. The summed E-state index contributed by atoms with van der Waals surface area (Å²) in [6.07, 6.45) is 7.33. The SMILES string of the molecule is Cc1nnc(-c2cc3cc(NC(=O)N4[C@@H]5CC[C@H]4C[C@H](N)C5)ncc3cn2)s1. The smallest absolute Gasteiger partial charge is 0.323 e. The zero-order valence-electron chi connectivity index (χ0n) is 15.5. The molecule has 2 saturated heterocycles. The van der Waals surface area contributed by atoms with Crippen LogP contribution in [-0.2, 0) is 0 Å². The topological polar surface area (TPSA) is 110 Å². The molecule has 5 heterocycles. The summed E-state index contributed by atoms with van der Waals surface area (Å²) in [6.45, 7) is 1.92. The van der Waals surface area contributed by atoms with E-state index in [1.807, 2.05) is 24.0 Å². The van der Waals surface area contributed by atoms with Gasteiger partial charge in [0, 0.05) is 35.9 Å². The first-order chi connectivity index (χ1) is 13.6. The third-order valence-corrected chi connectivity index (χ3v) is 6.45. The number of carbonyl (C=O) groups is 1. The van der Waals surface area contributed by atoms with Crippen molar-refractivity contribution in [1.29, 1.82) is 0 Å². The first kappa shape index (κ1) is 17.4. The second-order valence-electron chi connectivity index (χ2n) is 7.57. The molecule has 0 unspecified atom stereocenters. The predicted octanol–water partition coefficient (Wildman–Crippen LogP) is 2.94. The number of rotatable bonds is 2. The van der Waals surface area contributed by atoms with E-state index in [1.54, 1.807) is 12.4 Å². The lowest BCUT2D eigenvalue weighted by Gasteiger charge is -2.37. The van der Waals surface area contributed by atoms with Crippen LogP contribution in [0.4, 0.5) is 10.6 Å². The van der Waals surface area contributed by atoms with Gasteiger partial charge < -0.3 is 10.6 Å². The lowest BCUT2D eigenvalue weighted by molar-refractivity contribution is 0.150. The van der Waals surface area contributed by atoms with E-state index >= 15 is 0 Å². The van der Waals surface area contributed by atoms with Crippen LogP contribution in [0.5, 0.6) is 0 Å². The van der Waals surface area contributed by atoms with Crippen molar-refractivity contribution in [2.75, 3.05) is 5.32 Å². The number of nitrogens with one attached hydrogen (secondary N) is 1. The van der Waals surface area contributed by atoms with E-state index in [2.05, 4.69) is 25.5 Å². The van der Waals surface area contributed by atoms with Crippen molar-refractivity contribution in [1.82, 2.24) is 25.1 Å². The summed E-state index contributed by atoms with van der Waals surface area (Å²) >= 11 is 1.50. The zero-order valence-corrected chi connectivity index (χ0v) is 16.3. The fraction of sp³-hybridized carbons (Fsp3) is 0.421. The molecule has 0 spiro atoms. The van der Waals surface area contributed by atoms with Crippen molar-refractivity contribution in [3.8, 4) is 10.7 Å². The monoisotopic (exact) mass is 395 g/mol. The predicted molar refractivity (Wildman–Crippen MR) is 108 cm³/mol. The molecule has 3 N–H and O–H groups in total. The van der Waals surface area contributed by atoms with Crippen molar-refractivity contribution >= 4 is 34.0 Å². The van der Waals surface area contributed by atoms with Crippen LogP contribution in [0.25, 0.3) is 21.5 Å². The number of nitrogens with two attached hydrogens (primary N) is 1. The molecular formula is C19H21N7OS. The molecule has 0 aromatic carbocycles. The molecule has 2 fully saturated rings. The quantitative estimate of drug-likeness (QED) is 0.690. The Kier molecular flexibility index (Phi) is 4.21. The van der Waals surface area contributed by atoms with Crippen LogP contribution in [0, 0.1) is 6.92 Å². The van der Waals surface area contributed by atoms with Crippen LogP contribution in [0.1, 0.15) is 30.7 Å². The summed E-state index contributed by atoms with van der Waals surface area (Å²) < 4.78 is 0. The number of urea groups is 1. The van der Waals surface area contributed by atoms with Crippen molar-refractivity contribution < 1.29 is 4.79 Å². The Bertz CT molecular complexity index is 1040. The van der Waals surface area contributed by atoms with Gasteiger partial charge in [0.15, 0.2) is 5.01 Å². The van der Waals surface area contributed by atoms with Crippen molar-refractivity contribution in [2.45, 2.75) is 50.7 Å². The van der Waals surface area contributed by atoms with Gasteiger partial charge in [-0.05, 0) is 50.1 Å². The van der Waals surface area contributed by atoms with Gasteiger partial charge in [-0.2, -0.15) is 0 Å². The van der Waals surface area contributed by atoms with Crippen LogP contribution >= 0.6 is 11.3 Å². The summed E-state index contributed by atoms with van der Waals surface area (Å²) in [6, 6.07) is 4.44. The van der Waals surface area contributed by atoms with Crippen LogP contribution in [0.15, 0.2) is 24.5 Å². The summed E-state index contributed by atoms with van der Waals surface area (Å²) in [4.78, 5) is 23.7. The van der Waals surface area contributed by atoms with Gasteiger partial charge in [-0.25, -0.2) is 9.78 Å². The average Bonchev–Trinajstić information content (AvgIpc) is 3.22. The highest BCUT2D eigenvalue weighted by Gasteiger charge is 2.42. The van der Waals surface area contributed by atoms with Crippen molar-refractivity contribution in [2.24, 2.45) is 5.73 Å². The standard InChI is InChI=1S/C19H21N7OS/c1-10-24-25-18(28-10)16-4-11-5-17(22-9-12(11)8-21-16)23-19(27)26-14-2-3-15(26)7-13(20)6-14/h4-5,8-9,13-15H,2-3,6-7,20H2,1H3,(H,22,23,27)/t13-,14-,15+. The first-order valence-corrected chi connectivity index (χ1v) is 10.3. The molecule has 0 aliphatic carbocycles. The summed E-state index contributed by atoms with van der Waals surface area (Å²) in [7, 11) is 0. The second kappa shape index (κ2) is 6.75. The number of hydrogen-bond donors (Lipinski definition) is 2. The largest absolute Gasteiger partial charge is 0.328 e. The lowest BCUT2D eigenvalue weighted by Crippen LogP contribution is -2.51. The van der Waals surface area contributed by atoms with Gasteiger partial charge in [0.2, 0.25) is 0 Å². The van der Waals surface area contributed by atoms with Crippen molar-refractivity contribution in [3.05, 3.63) is 29.5 Å². The highest BCUT2D eigenvalue weighted by molar-refractivity contribution is 7.14. The van der Waals surface area contributed by atoms with E-state index in [0.29, 0.717) is 5.82 Å². The number of aromatic nitrogens is 4. The normalized spacial score (nSPS) is 23.9. The molecule has 2 aliphatic rings. The van der Waals surface area contributed by atoms with E-state index in [0.717, 1.165) is 52.2 Å². The van der Waals surface area contributed by atoms with Gasteiger partial charge in [0.25, 0.3) is 0 Å². The maximum atomic E-state index is 12.9. The number of nitrogens with zero attached hydrogens (tertiary/aromatic N) is 5. The number of pyridine rings is 2. The first-order valence-electron chi connectivity index (χ1n) is 9.48. The molecule has 2 bridgehead atoms. The van der Waals surface area contributed by atoms with E-state index in [1.165, 1.54) is 11.3 Å². The van der Waals surface area contributed by atoms with Gasteiger partial charge >= 0.3 is 6.03 Å². The summed E-state index contributed by atoms with van der Waals surface area (Å²) in [5.74, 6) is 0.539. The van der Waals surface area contributed by atoms with Crippen LogP contribution in [0.2, 0.25) is 0 Å². The number of fused-ring (bicyclic) bond motifs is 3. The molecule has 3 aromatic heterocycles. The molecule has 3 atom stereocenters. The fourth-order valence-electron chi connectivity index (χ4n) is 4.35. The number of hydrogen-bond acceptors (Lipinski definition) is 7. The minimum Gasteiger partial charge on any atom is -0.328 e. The second-order valence-corrected chi connectivity index (χ2v) is 8.75. The molecule has 8 nitrogen and oxygen atoms in total. The Morgan fingerprint density at radius 1 is 1.14 bits per heavy atom. The number of piperidine rings is 1. The Hall–Kier alpha value is -2.65. The van der Waals surface area contributed by atoms with E-state index in [9.17, 15) is 4.79 Å². The summed E-state index contributed by atoms with van der Waals surface area (Å²) in [5, 5.41) is 14.7. The average molecular weight is 395 g/mol. The van der Waals surface area contributed by atoms with Crippen LogP contribution in [0.3, 0.4) is 0 Å². The Morgan fingerprint density at radius 2 is 1.89 bits per heavy atom. The van der Waals surface area contributed by atoms with Gasteiger partial charge in [-0.15, -0.1) is 10.2 Å². The Morgan fingerprint density at radius 3 is 2.61 bits per heavy atom. The van der Waals surface area contributed by atoms with Gasteiger partial charge in [0.05, 0.1) is 0 Å². The maximum Gasteiger partial charge on any atom is 0.323 e.